The Balaban J connectivity index is 2.01. The summed E-state index contributed by atoms with van der Waals surface area (Å²) in [5.41, 5.74) is 1.38. The van der Waals surface area contributed by atoms with Crippen molar-refractivity contribution in [1.82, 2.24) is 5.32 Å². The molecule has 0 aromatic heterocycles. The maximum Gasteiger partial charge on any atom is 0.119 e. The minimum atomic E-state index is 0.826. The Hall–Kier alpha value is -1.02. The highest BCUT2D eigenvalue weighted by atomic mass is 16.5. The molecule has 2 rings (SSSR count). The Morgan fingerprint density at radius 1 is 1.46 bits per heavy atom. The third-order valence-corrected chi connectivity index (χ3v) is 2.52. The summed E-state index contributed by atoms with van der Waals surface area (Å²) in [4.78, 5) is 0. The number of hydrogen-bond donors (Lipinski definition) is 1. The minimum absolute atomic E-state index is 0.826. The Kier molecular flexibility index (Phi) is 2.50. The molecule has 1 aromatic carbocycles. The topological polar surface area (TPSA) is 21.3 Å². The molecule has 1 aromatic rings. The van der Waals surface area contributed by atoms with Gasteiger partial charge in [-0.1, -0.05) is 12.1 Å². The molecule has 1 aliphatic heterocycles. The second-order valence-electron chi connectivity index (χ2n) is 3.58. The standard InChI is InChI=1S/C11H15NO/c1-13-11-4-2-3-9(6-11)5-10-7-12-8-10/h2-4,6,10,12H,5,7-8H2,1H3. The van der Waals surface area contributed by atoms with E-state index < -0.39 is 0 Å². The van der Waals surface area contributed by atoms with Crippen LogP contribution >= 0.6 is 0 Å². The van der Waals surface area contributed by atoms with E-state index in [0.29, 0.717) is 0 Å². The molecule has 0 aliphatic carbocycles. The first-order valence-corrected chi connectivity index (χ1v) is 4.72. The molecule has 2 nitrogen and oxygen atoms in total. The van der Waals surface area contributed by atoms with E-state index in [1.165, 1.54) is 12.0 Å². The van der Waals surface area contributed by atoms with E-state index in [4.69, 9.17) is 4.74 Å². The molecule has 1 heterocycles. The molecule has 0 atom stereocenters. The van der Waals surface area contributed by atoms with Crippen LogP contribution in [0.25, 0.3) is 0 Å². The fraction of sp³-hybridized carbons (Fsp3) is 0.455. The van der Waals surface area contributed by atoms with Crippen LogP contribution in [-0.2, 0) is 6.42 Å². The van der Waals surface area contributed by atoms with E-state index >= 15 is 0 Å². The first-order chi connectivity index (χ1) is 6.38. The van der Waals surface area contributed by atoms with E-state index in [-0.39, 0.29) is 0 Å². The molecule has 0 spiro atoms. The largest absolute Gasteiger partial charge is 0.497 e. The van der Waals surface area contributed by atoms with Crippen molar-refractivity contribution < 1.29 is 4.74 Å². The number of methoxy groups -OCH3 is 1. The third-order valence-electron chi connectivity index (χ3n) is 2.52. The molecule has 0 unspecified atom stereocenters. The first kappa shape index (κ1) is 8.57. The van der Waals surface area contributed by atoms with Gasteiger partial charge in [-0.25, -0.2) is 0 Å². The van der Waals surface area contributed by atoms with Crippen molar-refractivity contribution in [3.8, 4) is 5.75 Å². The molecule has 0 radical (unpaired) electrons. The van der Waals surface area contributed by atoms with E-state index in [1.807, 2.05) is 6.07 Å². The summed E-state index contributed by atoms with van der Waals surface area (Å²) < 4.78 is 5.17. The van der Waals surface area contributed by atoms with Gasteiger partial charge in [0.15, 0.2) is 0 Å². The third kappa shape index (κ3) is 2.01. The van der Waals surface area contributed by atoms with Gasteiger partial charge in [-0.2, -0.15) is 0 Å². The van der Waals surface area contributed by atoms with E-state index in [0.717, 1.165) is 24.8 Å². The summed E-state index contributed by atoms with van der Waals surface area (Å²) in [6.45, 7) is 2.33. The predicted molar refractivity (Wildman–Crippen MR) is 53.1 cm³/mol. The summed E-state index contributed by atoms with van der Waals surface area (Å²) in [6, 6.07) is 8.34. The lowest BCUT2D eigenvalue weighted by Crippen LogP contribution is -2.43. The zero-order valence-corrected chi connectivity index (χ0v) is 7.92. The van der Waals surface area contributed by atoms with Gasteiger partial charge in [0.25, 0.3) is 0 Å². The highest BCUT2D eigenvalue weighted by Crippen LogP contribution is 2.17. The van der Waals surface area contributed by atoms with Crippen molar-refractivity contribution in [3.63, 3.8) is 0 Å². The maximum atomic E-state index is 5.17. The fourth-order valence-electron chi connectivity index (χ4n) is 1.63. The predicted octanol–water partition coefficient (Wildman–Crippen LogP) is 1.46. The lowest BCUT2D eigenvalue weighted by molar-refractivity contribution is 0.346. The second kappa shape index (κ2) is 3.79. The Morgan fingerprint density at radius 3 is 2.92 bits per heavy atom. The van der Waals surface area contributed by atoms with Gasteiger partial charge >= 0.3 is 0 Å². The monoisotopic (exact) mass is 177 g/mol. The zero-order valence-electron chi connectivity index (χ0n) is 7.92. The average molecular weight is 177 g/mol. The summed E-state index contributed by atoms with van der Waals surface area (Å²) in [7, 11) is 1.71. The van der Waals surface area contributed by atoms with Crippen molar-refractivity contribution in [3.05, 3.63) is 29.8 Å². The minimum Gasteiger partial charge on any atom is -0.497 e. The first-order valence-electron chi connectivity index (χ1n) is 4.72. The quantitative estimate of drug-likeness (QED) is 0.754. The molecular formula is C11H15NO. The van der Waals surface area contributed by atoms with Crippen molar-refractivity contribution in [2.24, 2.45) is 5.92 Å². The molecule has 1 fully saturated rings. The van der Waals surface area contributed by atoms with Crippen molar-refractivity contribution in [1.29, 1.82) is 0 Å². The van der Waals surface area contributed by atoms with Crippen LogP contribution in [0.2, 0.25) is 0 Å². The number of nitrogens with one attached hydrogen (secondary N) is 1. The van der Waals surface area contributed by atoms with Gasteiger partial charge in [0.2, 0.25) is 0 Å². The Bertz CT molecular complexity index is 281. The summed E-state index contributed by atoms with van der Waals surface area (Å²) in [5, 5.41) is 3.28. The molecule has 0 saturated carbocycles. The molecule has 70 valence electrons. The second-order valence-corrected chi connectivity index (χ2v) is 3.58. The SMILES string of the molecule is COc1cccc(CC2CNC2)c1. The smallest absolute Gasteiger partial charge is 0.119 e. The number of hydrogen-bond acceptors (Lipinski definition) is 2. The Labute approximate surface area is 78.9 Å². The molecule has 0 amide bonds. The van der Waals surface area contributed by atoms with Crippen LogP contribution in [0, 0.1) is 5.92 Å². The van der Waals surface area contributed by atoms with Crippen LogP contribution < -0.4 is 10.1 Å². The van der Waals surface area contributed by atoms with Gasteiger partial charge in [0.1, 0.15) is 5.75 Å². The number of ether oxygens (including phenoxy) is 1. The van der Waals surface area contributed by atoms with Crippen molar-refractivity contribution >= 4 is 0 Å². The van der Waals surface area contributed by atoms with E-state index in [2.05, 4.69) is 23.5 Å². The van der Waals surface area contributed by atoms with Crippen LogP contribution in [-0.4, -0.2) is 20.2 Å². The van der Waals surface area contributed by atoms with Crippen molar-refractivity contribution in [2.45, 2.75) is 6.42 Å². The normalized spacial score (nSPS) is 16.7. The lowest BCUT2D eigenvalue weighted by atomic mass is 9.94. The zero-order chi connectivity index (χ0) is 9.10. The molecule has 0 bridgehead atoms. The van der Waals surface area contributed by atoms with Crippen LogP contribution in [0.4, 0.5) is 0 Å². The molecular weight excluding hydrogens is 162 g/mol. The van der Waals surface area contributed by atoms with Gasteiger partial charge < -0.3 is 10.1 Å². The number of benzene rings is 1. The molecule has 1 N–H and O–H groups in total. The maximum absolute atomic E-state index is 5.17. The van der Waals surface area contributed by atoms with Crippen LogP contribution in [0.3, 0.4) is 0 Å². The van der Waals surface area contributed by atoms with Gasteiger partial charge in [0.05, 0.1) is 7.11 Å². The molecule has 1 aliphatic rings. The molecule has 1 saturated heterocycles. The Morgan fingerprint density at radius 2 is 2.31 bits per heavy atom. The highest BCUT2D eigenvalue weighted by Gasteiger charge is 2.16. The molecule has 2 heteroatoms. The highest BCUT2D eigenvalue weighted by molar-refractivity contribution is 5.28. The van der Waals surface area contributed by atoms with Gasteiger partial charge in [-0.05, 0) is 43.1 Å². The lowest BCUT2D eigenvalue weighted by Gasteiger charge is -2.27. The number of rotatable bonds is 3. The van der Waals surface area contributed by atoms with Crippen molar-refractivity contribution in [2.75, 3.05) is 20.2 Å². The van der Waals surface area contributed by atoms with E-state index in [9.17, 15) is 0 Å². The fourth-order valence-corrected chi connectivity index (χ4v) is 1.63. The van der Waals surface area contributed by atoms with E-state index in [1.54, 1.807) is 7.11 Å². The van der Waals surface area contributed by atoms with Gasteiger partial charge in [0, 0.05) is 0 Å². The van der Waals surface area contributed by atoms with Crippen LogP contribution in [0.5, 0.6) is 5.75 Å². The summed E-state index contributed by atoms with van der Waals surface area (Å²) in [5.74, 6) is 1.79. The van der Waals surface area contributed by atoms with Crippen LogP contribution in [0.15, 0.2) is 24.3 Å². The summed E-state index contributed by atoms with van der Waals surface area (Å²) in [6.07, 6.45) is 1.17. The molecule has 13 heavy (non-hydrogen) atoms. The van der Waals surface area contributed by atoms with Crippen LogP contribution in [0.1, 0.15) is 5.56 Å². The van der Waals surface area contributed by atoms with Gasteiger partial charge in [-0.3, -0.25) is 0 Å². The summed E-state index contributed by atoms with van der Waals surface area (Å²) >= 11 is 0. The van der Waals surface area contributed by atoms with Gasteiger partial charge in [-0.15, -0.1) is 0 Å². The average Bonchev–Trinajstić information content (AvgIpc) is 2.12.